The van der Waals surface area contributed by atoms with Gasteiger partial charge >= 0.3 is 11.9 Å². The highest BCUT2D eigenvalue weighted by molar-refractivity contribution is 5.78. The number of hydrogen-bond donors (Lipinski definition) is 0. The molecule has 2 unspecified atom stereocenters. The number of hydrogen-bond acceptors (Lipinski definition) is 8. The normalized spacial score (nSPS) is 19.5. The quantitative estimate of drug-likeness (QED) is 0.0600. The van der Waals surface area contributed by atoms with Crippen LogP contribution in [0.25, 0.3) is 10.4 Å². The molecule has 10 nitrogen and oxygen atoms in total. The van der Waals surface area contributed by atoms with Gasteiger partial charge in [-0.2, -0.15) is 0 Å². The van der Waals surface area contributed by atoms with Crippen LogP contribution in [-0.2, 0) is 33.3 Å². The Bertz CT molecular complexity index is 654. The minimum absolute atomic E-state index is 0. The van der Waals surface area contributed by atoms with Gasteiger partial charge in [0.25, 0.3) is 0 Å². The van der Waals surface area contributed by atoms with Gasteiger partial charge in [-0.25, -0.2) is 0 Å². The van der Waals surface area contributed by atoms with Gasteiger partial charge in [0.2, 0.25) is 0 Å². The van der Waals surface area contributed by atoms with Crippen LogP contribution in [0, 0.1) is 11.8 Å². The first kappa shape index (κ1) is 62.5. The Balaban J connectivity index is -0.000000163. The number of esters is 2. The Hall–Kier alpha value is -2.16. The summed E-state index contributed by atoms with van der Waals surface area (Å²) < 4.78 is 22.4. The van der Waals surface area contributed by atoms with E-state index in [0.717, 1.165) is 19.3 Å². The Labute approximate surface area is 256 Å². The summed E-state index contributed by atoms with van der Waals surface area (Å²) in [5.74, 6) is -0.617. The summed E-state index contributed by atoms with van der Waals surface area (Å²) >= 11 is 0. The first-order chi connectivity index (χ1) is 15.3. The molecular weight excluding hydrogens is 526 g/mol. The Morgan fingerprint density at radius 1 is 0.780 bits per heavy atom. The molecule has 0 radical (unpaired) electrons. The summed E-state index contributed by atoms with van der Waals surface area (Å²) in [5.41, 5.74) is 8.22. The molecule has 0 saturated carbocycles. The van der Waals surface area contributed by atoms with E-state index in [-0.39, 0.29) is 103 Å². The van der Waals surface area contributed by atoms with Crippen molar-refractivity contribution < 1.29 is 33.3 Å². The van der Waals surface area contributed by atoms with E-state index in [9.17, 15) is 14.4 Å². The second-order valence-corrected chi connectivity index (χ2v) is 8.27. The van der Waals surface area contributed by atoms with Gasteiger partial charge in [0.05, 0.1) is 6.10 Å². The van der Waals surface area contributed by atoms with Gasteiger partial charge in [-0.1, -0.05) is 92.2 Å². The van der Waals surface area contributed by atoms with Gasteiger partial charge in [-0.05, 0) is 37.1 Å². The van der Waals surface area contributed by atoms with Crippen molar-refractivity contribution in [3.8, 4) is 0 Å². The minimum Gasteiger partial charge on any atom is -0.463 e. The van der Waals surface area contributed by atoms with Crippen LogP contribution in [0.15, 0.2) is 5.11 Å². The van der Waals surface area contributed by atoms with Gasteiger partial charge in [0.1, 0.15) is 12.4 Å². The van der Waals surface area contributed by atoms with Crippen molar-refractivity contribution in [2.45, 2.75) is 158 Å². The summed E-state index contributed by atoms with van der Waals surface area (Å²) in [7, 11) is 0. The molecule has 10 heteroatoms. The van der Waals surface area contributed by atoms with Crippen LogP contribution in [0.3, 0.4) is 0 Å². The van der Waals surface area contributed by atoms with E-state index in [1.54, 1.807) is 0 Å². The number of rotatable bonds is 15. The van der Waals surface area contributed by atoms with Crippen molar-refractivity contribution in [1.82, 2.24) is 0 Å². The van der Waals surface area contributed by atoms with Crippen molar-refractivity contribution in [1.29, 1.82) is 0 Å². The molecule has 1 aliphatic rings. The highest BCUT2D eigenvalue weighted by Crippen LogP contribution is 2.33. The number of ketones is 1. The third kappa shape index (κ3) is 26.5. The summed E-state index contributed by atoms with van der Waals surface area (Å²) in [5, 5.41) is 3.47. The fraction of sp³-hybridized carbons (Fsp3) is 0.903. The number of Topliss-reactive ketones (excluding diaryl/α,β-unsaturated/α-hetero) is 1. The highest BCUT2D eigenvalue weighted by Gasteiger charge is 2.44. The topological polar surface area (TPSA) is 137 Å². The van der Waals surface area contributed by atoms with Gasteiger partial charge in [-0.3, -0.25) is 14.4 Å². The van der Waals surface area contributed by atoms with Crippen LogP contribution in [0.2, 0.25) is 0 Å². The van der Waals surface area contributed by atoms with Gasteiger partial charge in [0, 0.05) is 50.7 Å². The van der Waals surface area contributed by atoms with Crippen LogP contribution in [0.1, 0.15) is 139 Å². The number of carbonyl (C=O) groups is 3. The average molecular weight is 600 g/mol. The molecule has 0 N–H and O–H groups in total. The standard InChI is InChI=1S/C22H37N3O7.9CH4/c1-15-16(2)21(31-18(4)27)22(32-20(15)14-30-17(3)26)29-13-9-7-11-19(28)10-6-5-8-12-24-25-23;;;;;;;;;/h15-16,20-22H,5-14H2,1-4H3;9*1H4/t15-,16+,20?,21?,22-;;;;;;;;;/m1........./s1. The molecule has 0 amide bonds. The van der Waals surface area contributed by atoms with Crippen LogP contribution in [-0.4, -0.2) is 56.0 Å². The predicted molar refractivity (Wildman–Crippen MR) is 177 cm³/mol. The minimum atomic E-state index is -0.752. The van der Waals surface area contributed by atoms with E-state index >= 15 is 0 Å². The molecule has 0 bridgehead atoms. The lowest BCUT2D eigenvalue weighted by atomic mass is 9.83. The Morgan fingerprint density at radius 3 is 1.80 bits per heavy atom. The Morgan fingerprint density at radius 2 is 1.32 bits per heavy atom. The largest absolute Gasteiger partial charge is 0.463 e. The number of nitrogens with zero attached hydrogens (tertiary/aromatic N) is 3. The maximum absolute atomic E-state index is 12.0. The van der Waals surface area contributed by atoms with E-state index in [4.69, 9.17) is 24.5 Å². The van der Waals surface area contributed by atoms with Crippen molar-refractivity contribution in [3.05, 3.63) is 10.4 Å². The number of azide groups is 1. The fourth-order valence-corrected chi connectivity index (χ4v) is 3.61. The molecule has 1 rings (SSSR count). The summed E-state index contributed by atoms with van der Waals surface area (Å²) in [4.78, 5) is 37.4. The molecule has 0 aliphatic carbocycles. The first-order valence-electron chi connectivity index (χ1n) is 11.4. The van der Waals surface area contributed by atoms with E-state index < -0.39 is 18.4 Å². The average Bonchev–Trinajstić information content (AvgIpc) is 2.73. The van der Waals surface area contributed by atoms with E-state index in [1.165, 1.54) is 13.8 Å². The second-order valence-electron chi connectivity index (χ2n) is 8.27. The smallest absolute Gasteiger partial charge is 0.303 e. The molecule has 254 valence electrons. The molecular formula is C31H73N3O7. The molecule has 0 spiro atoms. The molecule has 41 heavy (non-hydrogen) atoms. The molecule has 0 aromatic carbocycles. The zero-order valence-electron chi connectivity index (χ0n) is 19.7. The van der Waals surface area contributed by atoms with Gasteiger partial charge < -0.3 is 18.9 Å². The van der Waals surface area contributed by atoms with Crippen molar-refractivity contribution in [3.63, 3.8) is 0 Å². The molecule has 1 fully saturated rings. The third-order valence-electron chi connectivity index (χ3n) is 5.67. The van der Waals surface area contributed by atoms with Gasteiger partial charge in [-0.15, -0.1) is 0 Å². The Kier molecular flexibility index (Phi) is 54.6. The van der Waals surface area contributed by atoms with E-state index in [2.05, 4.69) is 10.0 Å². The highest BCUT2D eigenvalue weighted by atomic mass is 16.7. The predicted octanol–water partition coefficient (Wildman–Crippen LogP) is 9.83. The fourth-order valence-electron chi connectivity index (χ4n) is 3.61. The zero-order valence-corrected chi connectivity index (χ0v) is 19.7. The molecule has 1 heterocycles. The van der Waals surface area contributed by atoms with Crippen LogP contribution in [0.5, 0.6) is 0 Å². The molecule has 1 saturated heterocycles. The lowest BCUT2D eigenvalue weighted by Gasteiger charge is -2.43. The van der Waals surface area contributed by atoms with Crippen molar-refractivity contribution >= 4 is 17.7 Å². The van der Waals surface area contributed by atoms with Crippen LogP contribution < -0.4 is 0 Å². The molecule has 5 atom stereocenters. The van der Waals surface area contributed by atoms with Crippen LogP contribution >= 0.6 is 0 Å². The van der Waals surface area contributed by atoms with E-state index in [1.807, 2.05) is 13.8 Å². The summed E-state index contributed by atoms with van der Waals surface area (Å²) in [6.07, 6.45) is 3.20. The monoisotopic (exact) mass is 600 g/mol. The lowest BCUT2D eigenvalue weighted by Crippen LogP contribution is -2.53. The van der Waals surface area contributed by atoms with Crippen molar-refractivity contribution in [2.75, 3.05) is 19.8 Å². The third-order valence-corrected chi connectivity index (χ3v) is 5.67. The summed E-state index contributed by atoms with van der Waals surface area (Å²) in [6.45, 7) is 7.57. The maximum atomic E-state index is 12.0. The molecule has 1 aliphatic heterocycles. The first-order valence-corrected chi connectivity index (χ1v) is 11.4. The zero-order chi connectivity index (χ0) is 23.9. The van der Waals surface area contributed by atoms with Crippen molar-refractivity contribution in [2.24, 2.45) is 17.0 Å². The van der Waals surface area contributed by atoms with E-state index in [0.29, 0.717) is 38.8 Å². The second kappa shape index (κ2) is 35.9. The number of carbonyl (C=O) groups excluding carboxylic acids is 3. The molecule has 0 aromatic heterocycles. The SMILES string of the molecule is C.C.C.C.C.C.C.C.C.CC(=O)OCC1O[C@@H](OCCCCC(=O)CCCCCN=[N+]=[N-])C(OC(C)=O)[C@@H](C)[C@H]1C. The number of ether oxygens (including phenoxy) is 4. The maximum Gasteiger partial charge on any atom is 0.303 e. The lowest BCUT2D eigenvalue weighted by molar-refractivity contribution is -0.280. The number of unbranched alkanes of at least 4 members (excludes halogenated alkanes) is 3. The van der Waals surface area contributed by atoms with Gasteiger partial charge in [0.15, 0.2) is 12.4 Å². The van der Waals surface area contributed by atoms with Crippen LogP contribution in [0.4, 0.5) is 0 Å². The molecule has 0 aromatic rings. The summed E-state index contributed by atoms with van der Waals surface area (Å²) in [6, 6.07) is 0.